The minimum Gasteiger partial charge on any atom is -0.411 e. The van der Waals surface area contributed by atoms with Crippen LogP contribution in [0.15, 0.2) is 16.4 Å². The molecule has 0 amide bonds. The van der Waals surface area contributed by atoms with Gasteiger partial charge in [-0.15, -0.1) is 0 Å². The number of sulfonamides is 1. The molecule has 7 nitrogen and oxygen atoms in total. The number of aromatic nitrogens is 2. The first-order chi connectivity index (χ1) is 8.87. The molecule has 0 aliphatic carbocycles. The number of aryl methyl sites for hydroxylation is 1. The van der Waals surface area contributed by atoms with Crippen molar-refractivity contribution in [3.8, 4) is 0 Å². The monoisotopic (exact) mass is 306 g/mol. The second kappa shape index (κ2) is 5.10. The first kappa shape index (κ1) is 14.3. The van der Waals surface area contributed by atoms with E-state index in [1.807, 2.05) is 6.92 Å². The fraction of sp³-hybridized carbons (Fsp3) is 0.600. The van der Waals surface area contributed by atoms with Gasteiger partial charge in [-0.05, 0) is 0 Å². The molecule has 1 saturated heterocycles. The lowest BCUT2D eigenvalue weighted by Crippen LogP contribution is -2.43. The molecule has 0 bridgehead atoms. The maximum Gasteiger partial charge on any atom is 0.261 e. The minimum atomic E-state index is -3.68. The zero-order chi connectivity index (χ0) is 14.2. The van der Waals surface area contributed by atoms with Gasteiger partial charge < -0.3 is 5.21 Å². The standard InChI is InChI=1S/C10H15ClN4O3S/c1-7-6-15(4-3-9(7)13-16)19(17,18)10-8(11)5-12-14(10)2/h5,7,16H,3-4,6H2,1-2H3. The second-order valence-corrected chi connectivity index (χ2v) is 6.79. The van der Waals surface area contributed by atoms with Crippen LogP contribution in [0.3, 0.4) is 0 Å². The molecule has 1 atom stereocenters. The molecule has 1 aliphatic rings. The molecule has 1 aliphatic heterocycles. The van der Waals surface area contributed by atoms with Crippen molar-refractivity contribution in [2.45, 2.75) is 18.4 Å². The molecule has 1 fully saturated rings. The van der Waals surface area contributed by atoms with E-state index < -0.39 is 10.0 Å². The molecular weight excluding hydrogens is 292 g/mol. The number of halogens is 1. The van der Waals surface area contributed by atoms with Crippen LogP contribution in [-0.4, -0.2) is 46.5 Å². The van der Waals surface area contributed by atoms with Gasteiger partial charge in [-0.2, -0.15) is 9.40 Å². The summed E-state index contributed by atoms with van der Waals surface area (Å²) in [7, 11) is -2.14. The fourth-order valence-corrected chi connectivity index (χ4v) is 4.30. The maximum absolute atomic E-state index is 12.5. The second-order valence-electron chi connectivity index (χ2n) is 4.53. The van der Waals surface area contributed by atoms with Crippen LogP contribution in [0.4, 0.5) is 0 Å². The van der Waals surface area contributed by atoms with Crippen LogP contribution < -0.4 is 0 Å². The average Bonchev–Trinajstić information content (AvgIpc) is 2.69. The van der Waals surface area contributed by atoms with Crippen LogP contribution in [0, 0.1) is 5.92 Å². The van der Waals surface area contributed by atoms with E-state index in [1.54, 1.807) is 0 Å². The Balaban J connectivity index is 2.32. The number of rotatable bonds is 2. The summed E-state index contributed by atoms with van der Waals surface area (Å²) in [5, 5.41) is 15.9. The lowest BCUT2D eigenvalue weighted by atomic mass is 10.00. The van der Waals surface area contributed by atoms with Crippen molar-refractivity contribution in [1.29, 1.82) is 0 Å². The molecule has 1 unspecified atom stereocenters. The third-order valence-corrected chi connectivity index (χ3v) is 5.59. The predicted octanol–water partition coefficient (Wildman–Crippen LogP) is 0.934. The molecule has 0 saturated carbocycles. The van der Waals surface area contributed by atoms with Crippen LogP contribution in [-0.2, 0) is 17.1 Å². The van der Waals surface area contributed by atoms with E-state index in [0.29, 0.717) is 12.1 Å². The Bertz CT molecular complexity index is 591. The van der Waals surface area contributed by atoms with Crippen LogP contribution >= 0.6 is 11.6 Å². The third-order valence-electron chi connectivity index (χ3n) is 3.22. The van der Waals surface area contributed by atoms with Gasteiger partial charge in [0.15, 0.2) is 5.03 Å². The van der Waals surface area contributed by atoms with Gasteiger partial charge in [0.1, 0.15) is 0 Å². The smallest absolute Gasteiger partial charge is 0.261 e. The van der Waals surface area contributed by atoms with E-state index >= 15 is 0 Å². The van der Waals surface area contributed by atoms with Gasteiger partial charge in [0.25, 0.3) is 10.0 Å². The van der Waals surface area contributed by atoms with E-state index in [2.05, 4.69) is 10.3 Å². The Morgan fingerprint density at radius 3 is 2.74 bits per heavy atom. The molecule has 0 aromatic carbocycles. The summed E-state index contributed by atoms with van der Waals surface area (Å²) in [5.41, 5.74) is 0.613. The molecule has 2 rings (SSSR count). The summed E-state index contributed by atoms with van der Waals surface area (Å²) >= 11 is 5.89. The summed E-state index contributed by atoms with van der Waals surface area (Å²) in [5.74, 6) is -0.125. The maximum atomic E-state index is 12.5. The molecule has 1 N–H and O–H groups in total. The largest absolute Gasteiger partial charge is 0.411 e. The van der Waals surface area contributed by atoms with Crippen LogP contribution in [0.2, 0.25) is 5.02 Å². The molecule has 19 heavy (non-hydrogen) atoms. The molecule has 0 radical (unpaired) electrons. The van der Waals surface area contributed by atoms with E-state index in [4.69, 9.17) is 16.8 Å². The highest BCUT2D eigenvalue weighted by Gasteiger charge is 2.35. The molecule has 2 heterocycles. The summed E-state index contributed by atoms with van der Waals surface area (Å²) in [6, 6.07) is 0. The van der Waals surface area contributed by atoms with Crippen molar-refractivity contribution in [2.24, 2.45) is 18.1 Å². The molecule has 1 aromatic rings. The van der Waals surface area contributed by atoms with Crippen LogP contribution in [0.25, 0.3) is 0 Å². The van der Waals surface area contributed by atoms with Crippen LogP contribution in [0.1, 0.15) is 13.3 Å². The Hall–Kier alpha value is -1.12. The highest BCUT2D eigenvalue weighted by atomic mass is 35.5. The molecule has 0 spiro atoms. The minimum absolute atomic E-state index is 0.00856. The molecular formula is C10H15ClN4O3S. The quantitative estimate of drug-likeness (QED) is 0.650. The van der Waals surface area contributed by atoms with Crippen molar-refractivity contribution in [3.05, 3.63) is 11.2 Å². The SMILES string of the molecule is CC1CN(S(=O)(=O)c2c(Cl)cnn2C)CCC1=NO. The lowest BCUT2D eigenvalue weighted by molar-refractivity contribution is 0.300. The third kappa shape index (κ3) is 2.47. The van der Waals surface area contributed by atoms with Crippen molar-refractivity contribution in [1.82, 2.24) is 14.1 Å². The van der Waals surface area contributed by atoms with Crippen molar-refractivity contribution >= 4 is 27.3 Å². The lowest BCUT2D eigenvalue weighted by Gasteiger charge is -2.30. The normalized spacial score (nSPS) is 23.9. The van der Waals surface area contributed by atoms with E-state index in [0.717, 1.165) is 0 Å². The van der Waals surface area contributed by atoms with Gasteiger partial charge in [-0.3, -0.25) is 4.68 Å². The van der Waals surface area contributed by atoms with Gasteiger partial charge >= 0.3 is 0 Å². The highest BCUT2D eigenvalue weighted by Crippen LogP contribution is 2.26. The van der Waals surface area contributed by atoms with Gasteiger partial charge in [-0.1, -0.05) is 23.7 Å². The average molecular weight is 307 g/mol. The Morgan fingerprint density at radius 2 is 2.26 bits per heavy atom. The fourth-order valence-electron chi connectivity index (χ4n) is 2.17. The van der Waals surface area contributed by atoms with Gasteiger partial charge in [0.05, 0.1) is 16.9 Å². The van der Waals surface area contributed by atoms with E-state index in [-0.39, 0.29) is 29.1 Å². The number of hydrogen-bond acceptors (Lipinski definition) is 5. The summed E-state index contributed by atoms with van der Waals surface area (Å²) in [6.45, 7) is 2.36. The number of hydrogen-bond donors (Lipinski definition) is 1. The van der Waals surface area contributed by atoms with Crippen LogP contribution in [0.5, 0.6) is 0 Å². The highest BCUT2D eigenvalue weighted by molar-refractivity contribution is 7.89. The molecule has 106 valence electrons. The Labute approximate surface area is 116 Å². The van der Waals surface area contributed by atoms with Gasteiger partial charge in [0.2, 0.25) is 0 Å². The Morgan fingerprint density at radius 1 is 1.58 bits per heavy atom. The van der Waals surface area contributed by atoms with E-state index in [1.165, 1.54) is 22.2 Å². The topological polar surface area (TPSA) is 87.8 Å². The zero-order valence-corrected chi connectivity index (χ0v) is 12.2. The number of nitrogens with zero attached hydrogens (tertiary/aromatic N) is 4. The van der Waals surface area contributed by atoms with E-state index in [9.17, 15) is 8.42 Å². The number of piperidine rings is 1. The Kier molecular flexibility index (Phi) is 3.84. The van der Waals surface area contributed by atoms with Gasteiger partial charge in [0, 0.05) is 32.5 Å². The zero-order valence-electron chi connectivity index (χ0n) is 10.6. The summed E-state index contributed by atoms with van der Waals surface area (Å²) in [6.07, 6.45) is 1.72. The predicted molar refractivity (Wildman–Crippen MR) is 70.0 cm³/mol. The van der Waals surface area contributed by atoms with Crippen molar-refractivity contribution in [3.63, 3.8) is 0 Å². The molecule has 9 heteroatoms. The van der Waals surface area contributed by atoms with Crippen molar-refractivity contribution in [2.75, 3.05) is 13.1 Å². The summed E-state index contributed by atoms with van der Waals surface area (Å²) < 4.78 is 27.6. The molecule has 1 aromatic heterocycles. The van der Waals surface area contributed by atoms with Crippen molar-refractivity contribution < 1.29 is 13.6 Å². The number of oxime groups is 1. The first-order valence-corrected chi connectivity index (χ1v) is 7.58. The van der Waals surface area contributed by atoms with Gasteiger partial charge in [-0.25, -0.2) is 8.42 Å². The first-order valence-electron chi connectivity index (χ1n) is 5.76. The summed E-state index contributed by atoms with van der Waals surface area (Å²) in [4.78, 5) is 0.